The van der Waals surface area contributed by atoms with Crippen LogP contribution in [0.25, 0.3) is 11.3 Å². The first kappa shape index (κ1) is 15.8. The second kappa shape index (κ2) is 6.68. The van der Waals surface area contributed by atoms with Gasteiger partial charge in [0.15, 0.2) is 11.9 Å². The number of halogens is 1. The summed E-state index contributed by atoms with van der Waals surface area (Å²) in [5, 5.41) is 12.3. The second-order valence-corrected chi connectivity index (χ2v) is 6.66. The Morgan fingerprint density at radius 1 is 1.16 bits per heavy atom. The number of ether oxygens (including phenoxy) is 1. The number of rotatable bonds is 3. The molecule has 1 aliphatic heterocycles. The zero-order valence-electron chi connectivity index (χ0n) is 13.4. The lowest BCUT2D eigenvalue weighted by Crippen LogP contribution is -2.17. The predicted octanol–water partition coefficient (Wildman–Crippen LogP) is 4.29. The van der Waals surface area contributed by atoms with Crippen molar-refractivity contribution >= 4 is 17.4 Å². The minimum atomic E-state index is -0.575. The Morgan fingerprint density at radius 2 is 2.04 bits per heavy atom. The molecule has 0 aliphatic carbocycles. The summed E-state index contributed by atoms with van der Waals surface area (Å²) in [6, 6.07) is 14.0. The fourth-order valence-corrected chi connectivity index (χ4v) is 3.16. The maximum Gasteiger partial charge on any atom is 0.247 e. The summed E-state index contributed by atoms with van der Waals surface area (Å²) in [5.74, 6) is 0.907. The SMILES string of the molecule is CCSc1nnc2c(n1)OC(c1cccc(F)c1)Nc1ccccc1-2. The van der Waals surface area contributed by atoms with Crippen molar-refractivity contribution < 1.29 is 9.13 Å². The Hall–Kier alpha value is -2.67. The van der Waals surface area contributed by atoms with Gasteiger partial charge in [0.05, 0.1) is 0 Å². The highest BCUT2D eigenvalue weighted by molar-refractivity contribution is 7.99. The highest BCUT2D eigenvalue weighted by Crippen LogP contribution is 2.39. The number of aromatic nitrogens is 3. The van der Waals surface area contributed by atoms with Crippen molar-refractivity contribution in [2.24, 2.45) is 0 Å². The molecule has 25 heavy (non-hydrogen) atoms. The van der Waals surface area contributed by atoms with Crippen LogP contribution in [0.5, 0.6) is 5.88 Å². The third kappa shape index (κ3) is 3.15. The summed E-state index contributed by atoms with van der Waals surface area (Å²) < 4.78 is 19.7. The Bertz CT molecular complexity index is 921. The highest BCUT2D eigenvalue weighted by atomic mass is 32.2. The molecule has 0 saturated heterocycles. The lowest BCUT2D eigenvalue weighted by Gasteiger charge is -2.19. The summed E-state index contributed by atoms with van der Waals surface area (Å²) in [7, 11) is 0. The van der Waals surface area contributed by atoms with Crippen LogP contribution in [0.1, 0.15) is 18.7 Å². The Kier molecular flexibility index (Phi) is 4.23. The average Bonchev–Trinajstić information content (AvgIpc) is 2.78. The molecule has 2 aromatic carbocycles. The number of hydrogen-bond donors (Lipinski definition) is 1. The van der Waals surface area contributed by atoms with E-state index < -0.39 is 6.23 Å². The molecule has 4 rings (SSSR count). The molecule has 1 aromatic heterocycles. The molecule has 0 radical (unpaired) electrons. The number of benzene rings is 2. The quantitative estimate of drug-likeness (QED) is 0.708. The van der Waals surface area contributed by atoms with E-state index in [1.54, 1.807) is 6.07 Å². The van der Waals surface area contributed by atoms with E-state index in [9.17, 15) is 4.39 Å². The van der Waals surface area contributed by atoms with Gasteiger partial charge in [-0.1, -0.05) is 49.0 Å². The largest absolute Gasteiger partial charge is 0.448 e. The van der Waals surface area contributed by atoms with Crippen LogP contribution in [0.15, 0.2) is 53.7 Å². The van der Waals surface area contributed by atoms with E-state index in [1.165, 1.54) is 23.9 Å². The molecule has 0 bridgehead atoms. The van der Waals surface area contributed by atoms with Gasteiger partial charge in [-0.25, -0.2) is 4.39 Å². The monoisotopic (exact) mass is 354 g/mol. The van der Waals surface area contributed by atoms with E-state index in [0.717, 1.165) is 17.0 Å². The number of nitrogens with one attached hydrogen (secondary N) is 1. The van der Waals surface area contributed by atoms with Crippen LogP contribution in [-0.2, 0) is 0 Å². The molecule has 5 nitrogen and oxygen atoms in total. The van der Waals surface area contributed by atoms with Crippen LogP contribution in [0, 0.1) is 5.82 Å². The molecule has 0 fully saturated rings. The van der Waals surface area contributed by atoms with Gasteiger partial charge in [0, 0.05) is 16.8 Å². The van der Waals surface area contributed by atoms with Gasteiger partial charge in [-0.2, -0.15) is 4.98 Å². The zero-order chi connectivity index (χ0) is 17.2. The summed E-state index contributed by atoms with van der Waals surface area (Å²) >= 11 is 1.49. The van der Waals surface area contributed by atoms with Gasteiger partial charge in [-0.3, -0.25) is 0 Å². The van der Waals surface area contributed by atoms with Gasteiger partial charge < -0.3 is 10.1 Å². The van der Waals surface area contributed by atoms with Crippen LogP contribution in [0.3, 0.4) is 0 Å². The standard InChI is InChI=1S/C18H15FN4OS/c1-2-25-18-21-17-15(22-23-18)13-8-3-4-9-14(13)20-16(24-17)11-6-5-7-12(19)10-11/h3-10,16,20H,2H2,1H3. The van der Waals surface area contributed by atoms with Crippen LogP contribution in [-0.4, -0.2) is 20.9 Å². The number of nitrogens with zero attached hydrogens (tertiary/aromatic N) is 3. The number of thioether (sulfide) groups is 1. The van der Waals surface area contributed by atoms with E-state index in [4.69, 9.17) is 4.74 Å². The van der Waals surface area contributed by atoms with Crippen LogP contribution in [0.4, 0.5) is 10.1 Å². The number of para-hydroxylation sites is 1. The van der Waals surface area contributed by atoms with Gasteiger partial charge in [-0.15, -0.1) is 10.2 Å². The van der Waals surface area contributed by atoms with Gasteiger partial charge >= 0.3 is 0 Å². The van der Waals surface area contributed by atoms with Crippen molar-refractivity contribution in [3.8, 4) is 17.1 Å². The third-order valence-corrected chi connectivity index (χ3v) is 4.48. The topological polar surface area (TPSA) is 59.9 Å². The van der Waals surface area contributed by atoms with Gasteiger partial charge in [-0.05, 0) is 24.0 Å². The van der Waals surface area contributed by atoms with Crippen molar-refractivity contribution in [2.75, 3.05) is 11.1 Å². The van der Waals surface area contributed by atoms with Crippen molar-refractivity contribution in [1.29, 1.82) is 0 Å². The third-order valence-electron chi connectivity index (χ3n) is 3.76. The molecule has 0 spiro atoms. The molecule has 1 unspecified atom stereocenters. The zero-order valence-corrected chi connectivity index (χ0v) is 14.3. The Labute approximate surface area is 148 Å². The second-order valence-electron chi connectivity index (χ2n) is 5.42. The average molecular weight is 354 g/mol. The first-order chi connectivity index (χ1) is 12.2. The van der Waals surface area contributed by atoms with E-state index in [0.29, 0.717) is 22.3 Å². The summed E-state index contributed by atoms with van der Waals surface area (Å²) in [6.45, 7) is 2.02. The molecule has 3 aromatic rings. The van der Waals surface area contributed by atoms with Crippen LogP contribution < -0.4 is 10.1 Å². The number of hydrogen-bond acceptors (Lipinski definition) is 6. The summed E-state index contributed by atoms with van der Waals surface area (Å²) in [6.07, 6.45) is -0.575. The summed E-state index contributed by atoms with van der Waals surface area (Å²) in [5.41, 5.74) is 2.93. The highest BCUT2D eigenvalue weighted by Gasteiger charge is 2.26. The van der Waals surface area contributed by atoms with Crippen molar-refractivity contribution in [3.63, 3.8) is 0 Å². The normalized spacial score (nSPS) is 15.4. The minimum absolute atomic E-state index is 0.316. The van der Waals surface area contributed by atoms with Crippen molar-refractivity contribution in [2.45, 2.75) is 18.3 Å². The van der Waals surface area contributed by atoms with Gasteiger partial charge in [0.2, 0.25) is 11.0 Å². The molecule has 1 aliphatic rings. The van der Waals surface area contributed by atoms with Gasteiger partial charge in [0.1, 0.15) is 5.82 Å². The van der Waals surface area contributed by atoms with E-state index in [1.807, 2.05) is 37.3 Å². The van der Waals surface area contributed by atoms with E-state index >= 15 is 0 Å². The fraction of sp³-hybridized carbons (Fsp3) is 0.167. The molecule has 0 saturated carbocycles. The smallest absolute Gasteiger partial charge is 0.247 e. The minimum Gasteiger partial charge on any atom is -0.448 e. The van der Waals surface area contributed by atoms with Crippen LogP contribution >= 0.6 is 11.8 Å². The summed E-state index contributed by atoms with van der Waals surface area (Å²) in [4.78, 5) is 4.49. The Balaban J connectivity index is 1.84. The van der Waals surface area contributed by atoms with Crippen molar-refractivity contribution in [1.82, 2.24) is 15.2 Å². The molecule has 126 valence electrons. The first-order valence-corrected chi connectivity index (χ1v) is 8.88. The Morgan fingerprint density at radius 3 is 2.88 bits per heavy atom. The molecule has 7 heteroatoms. The molecule has 2 heterocycles. The first-order valence-electron chi connectivity index (χ1n) is 7.90. The molecule has 0 amide bonds. The molecule has 1 atom stereocenters. The maximum atomic E-state index is 13.7. The maximum absolute atomic E-state index is 13.7. The van der Waals surface area contributed by atoms with Crippen molar-refractivity contribution in [3.05, 3.63) is 59.9 Å². The van der Waals surface area contributed by atoms with Crippen LogP contribution in [0.2, 0.25) is 0 Å². The lowest BCUT2D eigenvalue weighted by molar-refractivity contribution is 0.225. The fourth-order valence-electron chi connectivity index (χ4n) is 2.66. The molecular formula is C18H15FN4OS. The van der Waals surface area contributed by atoms with Gasteiger partial charge in [0.25, 0.3) is 0 Å². The number of fused-ring (bicyclic) bond motifs is 3. The lowest BCUT2D eigenvalue weighted by atomic mass is 10.1. The molecular weight excluding hydrogens is 339 g/mol. The van der Waals surface area contributed by atoms with E-state index in [2.05, 4.69) is 20.5 Å². The van der Waals surface area contributed by atoms with E-state index in [-0.39, 0.29) is 5.82 Å². The molecule has 1 N–H and O–H groups in total. The number of anilines is 1. The predicted molar refractivity (Wildman–Crippen MR) is 95.1 cm³/mol.